The molecule has 2 fully saturated rings. The Morgan fingerprint density at radius 2 is 1.78 bits per heavy atom. The number of piperazine rings is 1. The highest BCUT2D eigenvalue weighted by molar-refractivity contribution is 9.10. The van der Waals surface area contributed by atoms with Crippen LogP contribution in [0.5, 0.6) is 0 Å². The summed E-state index contributed by atoms with van der Waals surface area (Å²) < 4.78 is 1.19. The van der Waals surface area contributed by atoms with E-state index in [1.54, 1.807) is 5.56 Å². The highest BCUT2D eigenvalue weighted by Crippen LogP contribution is 2.52. The molecule has 0 bridgehead atoms. The van der Waals surface area contributed by atoms with Gasteiger partial charge in [-0.05, 0) is 50.1 Å². The predicted octanol–water partition coefficient (Wildman–Crippen LogP) is 2.99. The molecule has 0 spiro atoms. The molecule has 2 nitrogen and oxygen atoms in total. The molecule has 1 aliphatic heterocycles. The molecule has 0 N–H and O–H groups in total. The number of benzene rings is 1. The second kappa shape index (κ2) is 4.62. The van der Waals surface area contributed by atoms with Crippen molar-refractivity contribution in [2.24, 2.45) is 0 Å². The number of halogens is 1. The van der Waals surface area contributed by atoms with Crippen LogP contribution in [0, 0.1) is 6.92 Å². The molecule has 3 rings (SSSR count). The summed E-state index contributed by atoms with van der Waals surface area (Å²) in [6.07, 6.45) is 2.67. The first-order valence-electron chi connectivity index (χ1n) is 6.82. The Morgan fingerprint density at radius 3 is 2.33 bits per heavy atom. The Balaban J connectivity index is 1.86. The molecular formula is C15H21BrN2. The molecule has 1 heterocycles. The minimum atomic E-state index is 0.367. The van der Waals surface area contributed by atoms with E-state index >= 15 is 0 Å². The third kappa shape index (κ3) is 2.13. The second-order valence-electron chi connectivity index (χ2n) is 5.78. The van der Waals surface area contributed by atoms with Crippen molar-refractivity contribution in [3.8, 4) is 0 Å². The third-order valence-corrected chi connectivity index (χ3v) is 5.02. The quantitative estimate of drug-likeness (QED) is 0.829. The lowest BCUT2D eigenvalue weighted by Gasteiger charge is -2.39. The largest absolute Gasteiger partial charge is 0.304 e. The van der Waals surface area contributed by atoms with Gasteiger partial charge in [-0.25, -0.2) is 0 Å². The number of nitrogens with zero attached hydrogens (tertiary/aromatic N) is 2. The van der Waals surface area contributed by atoms with Crippen LogP contribution in [0.3, 0.4) is 0 Å². The van der Waals surface area contributed by atoms with Crippen molar-refractivity contribution in [1.82, 2.24) is 9.80 Å². The van der Waals surface area contributed by atoms with Crippen LogP contribution in [0.4, 0.5) is 0 Å². The van der Waals surface area contributed by atoms with Crippen LogP contribution < -0.4 is 0 Å². The Kier molecular flexibility index (Phi) is 3.25. The van der Waals surface area contributed by atoms with Gasteiger partial charge in [0.1, 0.15) is 0 Å². The van der Waals surface area contributed by atoms with Gasteiger partial charge in [0.25, 0.3) is 0 Å². The average molecular weight is 309 g/mol. The summed E-state index contributed by atoms with van der Waals surface area (Å²) >= 11 is 3.57. The molecule has 1 aromatic rings. The van der Waals surface area contributed by atoms with E-state index in [-0.39, 0.29) is 0 Å². The number of hydrogen-bond acceptors (Lipinski definition) is 2. The fraction of sp³-hybridized carbons (Fsp3) is 0.600. The lowest BCUT2D eigenvalue weighted by atomic mass is 9.97. The molecule has 1 saturated carbocycles. The van der Waals surface area contributed by atoms with Gasteiger partial charge in [0, 0.05) is 36.2 Å². The summed E-state index contributed by atoms with van der Waals surface area (Å²) in [7, 11) is 2.22. The first kappa shape index (κ1) is 12.6. The first-order valence-corrected chi connectivity index (χ1v) is 7.61. The van der Waals surface area contributed by atoms with Gasteiger partial charge in [0.15, 0.2) is 0 Å². The van der Waals surface area contributed by atoms with Gasteiger partial charge >= 0.3 is 0 Å². The molecule has 18 heavy (non-hydrogen) atoms. The first-order chi connectivity index (χ1) is 8.62. The van der Waals surface area contributed by atoms with Gasteiger partial charge < -0.3 is 4.90 Å². The van der Waals surface area contributed by atoms with Crippen molar-refractivity contribution in [3.05, 3.63) is 33.8 Å². The summed E-state index contributed by atoms with van der Waals surface area (Å²) in [5.41, 5.74) is 3.35. The maximum atomic E-state index is 3.57. The lowest BCUT2D eigenvalue weighted by Crippen LogP contribution is -2.49. The summed E-state index contributed by atoms with van der Waals surface area (Å²) in [6.45, 7) is 7.09. The molecular weight excluding hydrogens is 288 g/mol. The Morgan fingerprint density at radius 1 is 1.11 bits per heavy atom. The SMILES string of the molecule is Cc1cc(Br)ccc1C1(N2CCN(C)CC2)CC1. The maximum absolute atomic E-state index is 3.57. The maximum Gasteiger partial charge on any atom is 0.0465 e. The Hall–Kier alpha value is -0.380. The van der Waals surface area contributed by atoms with E-state index in [0.717, 1.165) is 0 Å². The fourth-order valence-electron chi connectivity index (χ4n) is 3.26. The third-order valence-electron chi connectivity index (χ3n) is 4.52. The van der Waals surface area contributed by atoms with E-state index in [4.69, 9.17) is 0 Å². The van der Waals surface area contributed by atoms with Gasteiger partial charge in [0.2, 0.25) is 0 Å². The molecule has 2 aliphatic rings. The van der Waals surface area contributed by atoms with Crippen LogP contribution in [0.2, 0.25) is 0 Å². The normalized spacial score (nSPS) is 24.2. The van der Waals surface area contributed by atoms with Gasteiger partial charge in [0.05, 0.1) is 0 Å². The van der Waals surface area contributed by atoms with Crippen molar-refractivity contribution in [2.45, 2.75) is 25.3 Å². The van der Waals surface area contributed by atoms with Crippen LogP contribution in [-0.2, 0) is 5.54 Å². The zero-order valence-corrected chi connectivity index (χ0v) is 12.8. The summed E-state index contributed by atoms with van der Waals surface area (Å²) in [4.78, 5) is 5.14. The summed E-state index contributed by atoms with van der Waals surface area (Å²) in [5.74, 6) is 0. The van der Waals surface area contributed by atoms with E-state index in [1.807, 2.05) is 0 Å². The van der Waals surface area contributed by atoms with E-state index < -0.39 is 0 Å². The van der Waals surface area contributed by atoms with Gasteiger partial charge in [-0.2, -0.15) is 0 Å². The molecule has 0 unspecified atom stereocenters. The zero-order valence-electron chi connectivity index (χ0n) is 11.2. The van der Waals surface area contributed by atoms with Crippen LogP contribution in [0.25, 0.3) is 0 Å². The fourth-order valence-corrected chi connectivity index (χ4v) is 3.73. The number of aryl methyl sites for hydroxylation is 1. The topological polar surface area (TPSA) is 6.48 Å². The van der Waals surface area contributed by atoms with E-state index in [0.29, 0.717) is 5.54 Å². The number of likely N-dealkylation sites (N-methyl/N-ethyl adjacent to an activating group) is 1. The summed E-state index contributed by atoms with van der Waals surface area (Å²) in [5, 5.41) is 0. The highest BCUT2D eigenvalue weighted by Gasteiger charge is 2.50. The van der Waals surface area contributed by atoms with Crippen molar-refractivity contribution in [3.63, 3.8) is 0 Å². The van der Waals surface area contributed by atoms with Crippen molar-refractivity contribution in [2.75, 3.05) is 33.2 Å². The van der Waals surface area contributed by atoms with Crippen molar-refractivity contribution in [1.29, 1.82) is 0 Å². The van der Waals surface area contributed by atoms with Crippen LogP contribution in [0.1, 0.15) is 24.0 Å². The molecule has 0 atom stereocenters. The van der Waals surface area contributed by atoms with E-state index in [2.05, 4.69) is 57.9 Å². The molecule has 0 radical (unpaired) electrons. The van der Waals surface area contributed by atoms with Gasteiger partial charge in [-0.15, -0.1) is 0 Å². The molecule has 0 aromatic heterocycles. The number of hydrogen-bond donors (Lipinski definition) is 0. The summed E-state index contributed by atoms with van der Waals surface area (Å²) in [6, 6.07) is 6.77. The minimum Gasteiger partial charge on any atom is -0.304 e. The molecule has 1 saturated heterocycles. The van der Waals surface area contributed by atoms with Crippen LogP contribution >= 0.6 is 15.9 Å². The van der Waals surface area contributed by atoms with Crippen LogP contribution in [-0.4, -0.2) is 43.0 Å². The standard InChI is InChI=1S/C15H21BrN2/c1-12-11-13(16)3-4-14(12)15(5-6-15)18-9-7-17(2)8-10-18/h3-4,11H,5-10H2,1-2H3. The van der Waals surface area contributed by atoms with Crippen molar-refractivity contribution >= 4 is 15.9 Å². The predicted molar refractivity (Wildman–Crippen MR) is 78.9 cm³/mol. The minimum absolute atomic E-state index is 0.367. The zero-order chi connectivity index (χ0) is 12.8. The molecule has 1 aromatic carbocycles. The molecule has 1 aliphatic carbocycles. The van der Waals surface area contributed by atoms with Crippen LogP contribution in [0.15, 0.2) is 22.7 Å². The van der Waals surface area contributed by atoms with E-state index in [9.17, 15) is 0 Å². The molecule has 98 valence electrons. The van der Waals surface area contributed by atoms with E-state index in [1.165, 1.54) is 49.1 Å². The van der Waals surface area contributed by atoms with Gasteiger partial charge in [-0.3, -0.25) is 4.90 Å². The Labute approximate surface area is 118 Å². The van der Waals surface area contributed by atoms with Crippen molar-refractivity contribution < 1.29 is 0 Å². The lowest BCUT2D eigenvalue weighted by molar-refractivity contribution is 0.0973. The second-order valence-corrected chi connectivity index (χ2v) is 6.70. The smallest absolute Gasteiger partial charge is 0.0465 e. The van der Waals surface area contributed by atoms with Gasteiger partial charge in [-0.1, -0.05) is 22.0 Å². The Bertz CT molecular complexity index is 446. The highest BCUT2D eigenvalue weighted by atomic mass is 79.9. The monoisotopic (exact) mass is 308 g/mol. The molecule has 3 heteroatoms. The number of rotatable bonds is 2. The molecule has 0 amide bonds. The average Bonchev–Trinajstić information content (AvgIpc) is 3.11.